The van der Waals surface area contributed by atoms with Crippen molar-refractivity contribution < 1.29 is 29.9 Å². The number of nitrogens with zero attached hydrogens (tertiary/aromatic N) is 4. The van der Waals surface area contributed by atoms with E-state index in [0.717, 1.165) is 55.4 Å². The molecule has 5 aromatic carbocycles. The summed E-state index contributed by atoms with van der Waals surface area (Å²) in [6, 6.07) is 34.8. The molecule has 0 unspecified atom stereocenters. The second kappa shape index (κ2) is 14.5. The van der Waals surface area contributed by atoms with Gasteiger partial charge in [-0.2, -0.15) is 12.7 Å². The van der Waals surface area contributed by atoms with E-state index in [1.54, 1.807) is 24.0 Å². The van der Waals surface area contributed by atoms with Crippen LogP contribution in [0.2, 0.25) is 0 Å². The summed E-state index contributed by atoms with van der Waals surface area (Å²) in [5.74, 6) is 1.81. The number of anilines is 1. The molecule has 8 rings (SSSR count). The molecule has 5 nitrogen and oxygen atoms in total. The number of hydrogen-bond donors (Lipinski definition) is 0. The van der Waals surface area contributed by atoms with Gasteiger partial charge in [-0.25, -0.2) is 4.98 Å². The van der Waals surface area contributed by atoms with E-state index in [2.05, 4.69) is 140 Å². The molecule has 0 N–H and O–H groups in total. The van der Waals surface area contributed by atoms with Crippen molar-refractivity contribution in [2.24, 2.45) is 0 Å². The fraction of sp³-hybridized carbons (Fsp3) is 0.224. The summed E-state index contributed by atoms with van der Waals surface area (Å²) in [5, 5.41) is 2.14. The normalized spacial score (nSPS) is 13.9. The molecule has 0 fully saturated rings. The SMILES string of the molecule is [2H]C([2H])([2H])N1C=CN(c2[c-]c(Oc3[c-]c4c(cc3)c3cccc(-c5c(C)cc(C)cc5C)c3n4-c3cc(C(C)(C)C)ccn3)cc(-c3c(C)cc(C)cc3C)c2)[CH-]1.[Pt]. The Bertz CT molecular complexity index is 2710. The minimum atomic E-state index is -2.31. The van der Waals surface area contributed by atoms with Crippen LogP contribution in [0.5, 0.6) is 11.5 Å². The Hall–Kier alpha value is -5.12. The van der Waals surface area contributed by atoms with Crippen molar-refractivity contribution in [3.05, 3.63) is 155 Å². The molecular formula is C49H47N4OPt-3. The second-order valence-corrected chi connectivity index (χ2v) is 15.8. The summed E-state index contributed by atoms with van der Waals surface area (Å²) < 4.78 is 32.8. The zero-order valence-electron chi connectivity index (χ0n) is 35.8. The van der Waals surface area contributed by atoms with Gasteiger partial charge in [-0.3, -0.25) is 0 Å². The Morgan fingerprint density at radius 1 is 0.727 bits per heavy atom. The van der Waals surface area contributed by atoms with E-state index in [9.17, 15) is 0 Å². The quantitative estimate of drug-likeness (QED) is 0.156. The summed E-state index contributed by atoms with van der Waals surface area (Å²) in [6.07, 6.45) is 5.17. The van der Waals surface area contributed by atoms with Gasteiger partial charge in [0.15, 0.2) is 0 Å². The van der Waals surface area contributed by atoms with Crippen molar-refractivity contribution in [1.82, 2.24) is 14.5 Å². The van der Waals surface area contributed by atoms with Gasteiger partial charge < -0.3 is 19.1 Å². The largest absolute Gasteiger partial charge is 0.510 e. The predicted molar refractivity (Wildman–Crippen MR) is 224 cm³/mol. The van der Waals surface area contributed by atoms with Crippen LogP contribution in [-0.4, -0.2) is 21.4 Å². The molecule has 0 atom stereocenters. The van der Waals surface area contributed by atoms with Crippen molar-refractivity contribution in [2.75, 3.05) is 11.9 Å². The van der Waals surface area contributed by atoms with Crippen molar-refractivity contribution >= 4 is 27.5 Å². The Morgan fingerprint density at radius 2 is 1.42 bits per heavy atom. The number of fused-ring (bicyclic) bond motifs is 3. The molecule has 7 aromatic rings. The Balaban J connectivity index is 0.00000512. The van der Waals surface area contributed by atoms with Crippen molar-refractivity contribution in [1.29, 1.82) is 0 Å². The van der Waals surface area contributed by atoms with Crippen LogP contribution >= 0.6 is 0 Å². The van der Waals surface area contributed by atoms with E-state index in [1.165, 1.54) is 38.3 Å². The van der Waals surface area contributed by atoms with Gasteiger partial charge in [-0.05, 0) is 123 Å². The molecule has 1 aliphatic heterocycles. The Morgan fingerprint density at radius 3 is 2.07 bits per heavy atom. The molecule has 3 heterocycles. The predicted octanol–water partition coefficient (Wildman–Crippen LogP) is 12.4. The van der Waals surface area contributed by atoms with Gasteiger partial charge in [-0.15, -0.1) is 47.0 Å². The fourth-order valence-corrected chi connectivity index (χ4v) is 8.19. The first-order valence-electron chi connectivity index (χ1n) is 19.9. The molecule has 0 bridgehead atoms. The maximum absolute atomic E-state index is 7.95. The number of ether oxygens (including phenoxy) is 1. The van der Waals surface area contributed by atoms with Crippen LogP contribution in [0, 0.1) is 60.3 Å². The number of hydrogen-bond acceptors (Lipinski definition) is 4. The van der Waals surface area contributed by atoms with Gasteiger partial charge in [0.2, 0.25) is 0 Å². The Labute approximate surface area is 344 Å². The van der Waals surface area contributed by atoms with E-state index in [0.29, 0.717) is 17.2 Å². The number of aromatic nitrogens is 2. The third-order valence-corrected chi connectivity index (χ3v) is 10.4. The molecule has 0 amide bonds. The van der Waals surface area contributed by atoms with Crippen LogP contribution in [0.1, 0.15) is 63.8 Å². The van der Waals surface area contributed by atoms with Gasteiger partial charge in [0, 0.05) is 54.0 Å². The number of para-hydroxylation sites is 1. The zero-order chi connectivity index (χ0) is 40.6. The number of benzene rings is 5. The summed E-state index contributed by atoms with van der Waals surface area (Å²) in [7, 11) is 0. The third kappa shape index (κ3) is 7.11. The summed E-state index contributed by atoms with van der Waals surface area (Å²) >= 11 is 0. The molecule has 0 spiro atoms. The van der Waals surface area contributed by atoms with Crippen molar-refractivity contribution in [3.63, 3.8) is 0 Å². The van der Waals surface area contributed by atoms with Crippen LogP contribution < -0.4 is 9.64 Å². The molecule has 2 aromatic heterocycles. The van der Waals surface area contributed by atoms with E-state index in [-0.39, 0.29) is 26.5 Å². The summed E-state index contributed by atoms with van der Waals surface area (Å²) in [5.41, 5.74) is 15.2. The average molecular weight is 906 g/mol. The second-order valence-electron chi connectivity index (χ2n) is 15.8. The van der Waals surface area contributed by atoms with Crippen LogP contribution in [0.4, 0.5) is 5.69 Å². The minimum Gasteiger partial charge on any atom is -0.510 e. The van der Waals surface area contributed by atoms with E-state index < -0.39 is 6.98 Å². The van der Waals surface area contributed by atoms with Gasteiger partial charge in [0.25, 0.3) is 0 Å². The van der Waals surface area contributed by atoms with Gasteiger partial charge >= 0.3 is 0 Å². The minimum absolute atomic E-state index is 0. The van der Waals surface area contributed by atoms with E-state index >= 15 is 0 Å². The van der Waals surface area contributed by atoms with Gasteiger partial charge in [0.05, 0.1) is 0 Å². The monoisotopic (exact) mass is 905 g/mol. The summed E-state index contributed by atoms with van der Waals surface area (Å²) in [6.45, 7) is 18.7. The molecule has 55 heavy (non-hydrogen) atoms. The van der Waals surface area contributed by atoms with E-state index in [1.807, 2.05) is 24.4 Å². The molecule has 0 radical (unpaired) electrons. The zero-order valence-corrected chi connectivity index (χ0v) is 35.1. The smallest absolute Gasteiger partial charge is 0.135 e. The molecule has 1 aliphatic rings. The number of pyridine rings is 1. The van der Waals surface area contributed by atoms with Crippen molar-refractivity contribution in [3.8, 4) is 39.6 Å². The summed E-state index contributed by atoms with van der Waals surface area (Å²) in [4.78, 5) is 7.96. The number of aryl methyl sites for hydroxylation is 6. The molecule has 6 heteroatoms. The molecule has 0 saturated carbocycles. The van der Waals surface area contributed by atoms with Crippen LogP contribution in [-0.2, 0) is 26.5 Å². The standard InChI is InChI=1S/C49H47N4O.Pt/c1-30-20-32(3)46(33(4)21-30)36-24-38(52-19-18-51(10)29-52)27-40(25-36)54-39-14-15-41-42-12-11-13-43(47-34(5)22-31(2)23-35(47)6)48(42)53(44(41)28-39)45-26-37(16-17-50-45)49(7,8)9;/h11-26,29H,1-10H3;/q-3;/i10D3;. The molecule has 282 valence electrons. The van der Waals surface area contributed by atoms with Crippen LogP contribution in [0.3, 0.4) is 0 Å². The first-order valence-corrected chi connectivity index (χ1v) is 18.4. The molecule has 0 aliphatic carbocycles. The van der Waals surface area contributed by atoms with Crippen molar-refractivity contribution in [2.45, 2.75) is 67.7 Å². The number of rotatable bonds is 6. The van der Waals surface area contributed by atoms with Gasteiger partial charge in [-0.1, -0.05) is 79.9 Å². The fourth-order valence-electron chi connectivity index (χ4n) is 8.19. The third-order valence-electron chi connectivity index (χ3n) is 10.4. The van der Waals surface area contributed by atoms with Crippen LogP contribution in [0.25, 0.3) is 49.9 Å². The average Bonchev–Trinajstić information content (AvgIpc) is 3.75. The first-order chi connectivity index (χ1) is 27.0. The van der Waals surface area contributed by atoms with Crippen LogP contribution in [0.15, 0.2) is 97.5 Å². The molecule has 0 saturated heterocycles. The maximum atomic E-state index is 7.95. The maximum Gasteiger partial charge on any atom is 0.135 e. The topological polar surface area (TPSA) is 33.5 Å². The van der Waals surface area contributed by atoms with E-state index in [4.69, 9.17) is 13.8 Å². The van der Waals surface area contributed by atoms with Gasteiger partial charge in [0.1, 0.15) is 5.82 Å². The molecular weight excluding hydrogens is 856 g/mol. The first kappa shape index (κ1) is 34.4. The Kier molecular flexibility index (Phi) is 9.07.